The molecule has 6 aromatic rings. The number of aromatic nitrogens is 4. The number of hydrogen-bond donors (Lipinski definition) is 1. The number of H-pyrrole nitrogens is 1. The van der Waals surface area contributed by atoms with Crippen molar-refractivity contribution in [2.75, 3.05) is 7.11 Å². The first kappa shape index (κ1) is 28.1. The number of fused-ring (bicyclic) bond motifs is 1. The van der Waals surface area contributed by atoms with Gasteiger partial charge < -0.3 is 14.2 Å². The van der Waals surface area contributed by atoms with Crippen LogP contribution in [0.15, 0.2) is 102 Å². The maximum absolute atomic E-state index is 15.9. The molecule has 0 fully saturated rings. The second-order valence-electron chi connectivity index (χ2n) is 9.81. The molecule has 9 nitrogen and oxygen atoms in total. The topological polar surface area (TPSA) is 108 Å². The van der Waals surface area contributed by atoms with Crippen molar-refractivity contribution in [2.24, 2.45) is 0 Å². The largest absolute Gasteiger partial charge is 0.497 e. The summed E-state index contributed by atoms with van der Waals surface area (Å²) in [6.45, 7) is 2.04. The number of pyridine rings is 1. The van der Waals surface area contributed by atoms with Crippen molar-refractivity contribution in [3.8, 4) is 28.6 Å². The van der Waals surface area contributed by atoms with E-state index in [1.54, 1.807) is 55.9 Å². The number of benzene rings is 3. The Morgan fingerprint density at radius 1 is 0.907 bits per heavy atom. The lowest BCUT2D eigenvalue weighted by atomic mass is 10.1. The molecule has 3 heterocycles. The number of ether oxygens (including phenoxy) is 3. The molecule has 0 aliphatic rings. The van der Waals surface area contributed by atoms with Gasteiger partial charge in [-0.3, -0.25) is 10.1 Å². The number of aryl methyl sites for hydroxylation is 1. The highest BCUT2D eigenvalue weighted by Crippen LogP contribution is 2.37. The van der Waals surface area contributed by atoms with E-state index in [2.05, 4.69) is 15.2 Å². The van der Waals surface area contributed by atoms with Gasteiger partial charge in [-0.25, -0.2) is 16.8 Å². The molecule has 43 heavy (non-hydrogen) atoms. The molecule has 0 amide bonds. The van der Waals surface area contributed by atoms with Gasteiger partial charge in [0, 0.05) is 41.7 Å². The van der Waals surface area contributed by atoms with Crippen LogP contribution in [0.25, 0.3) is 22.3 Å². The number of halogens is 1. The number of nitrogens with zero attached hydrogens (tertiary/aromatic N) is 3. The smallest absolute Gasteiger partial charge is 0.268 e. The number of aromatic amines is 1. The van der Waals surface area contributed by atoms with Gasteiger partial charge in [0.1, 0.15) is 17.2 Å². The Bertz CT molecular complexity index is 1990. The van der Waals surface area contributed by atoms with Crippen molar-refractivity contribution in [3.05, 3.63) is 120 Å². The molecule has 0 atom stereocenters. The molecule has 1 N–H and O–H groups in total. The fourth-order valence-corrected chi connectivity index (χ4v) is 6.03. The molecule has 0 bridgehead atoms. The van der Waals surface area contributed by atoms with Crippen LogP contribution in [-0.4, -0.2) is 34.7 Å². The highest BCUT2D eigenvalue weighted by molar-refractivity contribution is 7.90. The van der Waals surface area contributed by atoms with E-state index >= 15 is 4.39 Å². The summed E-state index contributed by atoms with van der Waals surface area (Å²) in [5, 5.41) is 7.36. The molecule has 0 spiro atoms. The monoisotopic (exact) mass is 598 g/mol. The van der Waals surface area contributed by atoms with Crippen LogP contribution in [0.5, 0.6) is 17.2 Å². The normalized spacial score (nSPS) is 11.6. The van der Waals surface area contributed by atoms with Crippen molar-refractivity contribution < 1.29 is 27.0 Å². The highest BCUT2D eigenvalue weighted by Gasteiger charge is 2.24. The molecular weight excluding hydrogens is 571 g/mol. The molecule has 3 aromatic carbocycles. The molecule has 0 saturated carbocycles. The number of methoxy groups -OCH3 is 1. The zero-order chi connectivity index (χ0) is 30.0. The fraction of sp³-hybridized carbons (Fsp3) is 0.125. The van der Waals surface area contributed by atoms with Gasteiger partial charge in [-0.05, 0) is 55.0 Å². The van der Waals surface area contributed by atoms with Crippen molar-refractivity contribution >= 4 is 20.9 Å². The van der Waals surface area contributed by atoms with Crippen LogP contribution >= 0.6 is 0 Å². The minimum Gasteiger partial charge on any atom is -0.497 e. The highest BCUT2D eigenvalue weighted by atomic mass is 32.2. The summed E-state index contributed by atoms with van der Waals surface area (Å²) >= 11 is 0. The maximum atomic E-state index is 15.9. The van der Waals surface area contributed by atoms with Crippen LogP contribution in [0.2, 0.25) is 0 Å². The quantitative estimate of drug-likeness (QED) is 0.189. The summed E-state index contributed by atoms with van der Waals surface area (Å²) in [4.78, 5) is 4.41. The molecule has 6 rings (SSSR count). The molecule has 0 radical (unpaired) electrons. The van der Waals surface area contributed by atoms with E-state index in [0.717, 1.165) is 15.1 Å². The fourth-order valence-electron chi connectivity index (χ4n) is 4.69. The van der Waals surface area contributed by atoms with Crippen molar-refractivity contribution in [3.63, 3.8) is 0 Å². The van der Waals surface area contributed by atoms with E-state index in [1.165, 1.54) is 24.4 Å². The van der Waals surface area contributed by atoms with Gasteiger partial charge in [0.15, 0.2) is 11.6 Å². The minimum atomic E-state index is -4.01. The minimum absolute atomic E-state index is 0.0540. The Labute approximate surface area is 247 Å². The van der Waals surface area contributed by atoms with Crippen molar-refractivity contribution in [2.45, 2.75) is 25.0 Å². The van der Waals surface area contributed by atoms with Crippen LogP contribution in [-0.2, 0) is 28.0 Å². The van der Waals surface area contributed by atoms with E-state index in [0.29, 0.717) is 33.8 Å². The summed E-state index contributed by atoms with van der Waals surface area (Å²) < 4.78 is 61.5. The lowest BCUT2D eigenvalue weighted by Gasteiger charge is -2.16. The summed E-state index contributed by atoms with van der Waals surface area (Å²) in [6.07, 6.45) is 4.63. The molecule has 0 saturated heterocycles. The summed E-state index contributed by atoms with van der Waals surface area (Å²) in [5.41, 5.74) is 3.47. The molecule has 0 aliphatic heterocycles. The zero-order valence-electron chi connectivity index (χ0n) is 23.3. The molecule has 0 aliphatic carbocycles. The molecule has 3 aromatic heterocycles. The zero-order valence-corrected chi connectivity index (χ0v) is 24.1. The van der Waals surface area contributed by atoms with Crippen molar-refractivity contribution in [1.82, 2.24) is 19.2 Å². The molecular formula is C32H27FN4O5S. The first-order valence-corrected chi connectivity index (χ1v) is 14.8. The lowest BCUT2D eigenvalue weighted by Crippen LogP contribution is -2.12. The van der Waals surface area contributed by atoms with E-state index in [1.807, 2.05) is 31.2 Å². The average Bonchev–Trinajstić information content (AvgIpc) is 3.71. The predicted molar refractivity (Wildman–Crippen MR) is 159 cm³/mol. The SMILES string of the molecule is COc1ccc(COCc2c(Oc3ccnc(-c4cc[nH]n4)c3)c(F)cc3c2ccn3S(=O)(=O)c2ccc(C)cc2)cc1. The van der Waals surface area contributed by atoms with Gasteiger partial charge in [-0.2, -0.15) is 5.10 Å². The van der Waals surface area contributed by atoms with Gasteiger partial charge in [-0.15, -0.1) is 0 Å². The standard InChI is InChI=1S/C32H27FN4O5S/c1-21-3-9-25(10-4-21)43(38,39)37-16-13-26-27(20-41-19-22-5-7-23(40-2)8-6-22)32(28(33)18-31(26)37)42-24-11-14-34-30(17-24)29-12-15-35-36-29/h3-18H,19-20H2,1-2H3,(H,35,36). The third-order valence-corrected chi connectivity index (χ3v) is 8.64. The van der Waals surface area contributed by atoms with Gasteiger partial charge >= 0.3 is 0 Å². The van der Waals surface area contributed by atoms with Crippen LogP contribution in [0, 0.1) is 12.7 Å². The number of rotatable bonds is 10. The van der Waals surface area contributed by atoms with Gasteiger partial charge in [0.25, 0.3) is 10.0 Å². The summed E-state index contributed by atoms with van der Waals surface area (Å²) in [7, 11) is -2.42. The van der Waals surface area contributed by atoms with Gasteiger partial charge in [0.05, 0.1) is 36.4 Å². The van der Waals surface area contributed by atoms with Crippen LogP contribution < -0.4 is 9.47 Å². The molecule has 11 heteroatoms. The average molecular weight is 599 g/mol. The maximum Gasteiger partial charge on any atom is 0.268 e. The van der Waals surface area contributed by atoms with Crippen LogP contribution in [0.1, 0.15) is 16.7 Å². The summed E-state index contributed by atoms with van der Waals surface area (Å²) in [5.74, 6) is 0.225. The molecule has 0 unspecified atom stereocenters. The van der Waals surface area contributed by atoms with Crippen LogP contribution in [0.3, 0.4) is 0 Å². The van der Waals surface area contributed by atoms with E-state index in [9.17, 15) is 8.42 Å². The van der Waals surface area contributed by atoms with E-state index in [4.69, 9.17) is 14.2 Å². The lowest BCUT2D eigenvalue weighted by molar-refractivity contribution is 0.106. The Hall–Kier alpha value is -5.00. The Morgan fingerprint density at radius 2 is 1.70 bits per heavy atom. The number of nitrogens with one attached hydrogen (secondary N) is 1. The third-order valence-electron chi connectivity index (χ3n) is 6.94. The van der Waals surface area contributed by atoms with Gasteiger partial charge in [-0.1, -0.05) is 29.8 Å². The Morgan fingerprint density at radius 3 is 2.42 bits per heavy atom. The first-order chi connectivity index (χ1) is 20.8. The van der Waals surface area contributed by atoms with E-state index < -0.39 is 15.8 Å². The second-order valence-corrected chi connectivity index (χ2v) is 11.6. The second kappa shape index (κ2) is 11.7. The predicted octanol–water partition coefficient (Wildman–Crippen LogP) is 6.63. The summed E-state index contributed by atoms with van der Waals surface area (Å²) in [6, 6.07) is 21.7. The Kier molecular flexibility index (Phi) is 7.66. The third kappa shape index (κ3) is 5.72. The van der Waals surface area contributed by atoms with Crippen molar-refractivity contribution in [1.29, 1.82) is 0 Å². The van der Waals surface area contributed by atoms with Crippen LogP contribution in [0.4, 0.5) is 4.39 Å². The number of hydrogen-bond acceptors (Lipinski definition) is 7. The van der Waals surface area contributed by atoms with E-state index in [-0.39, 0.29) is 29.4 Å². The molecule has 218 valence electrons. The Balaban J connectivity index is 1.40. The van der Waals surface area contributed by atoms with Gasteiger partial charge in [0.2, 0.25) is 0 Å². The first-order valence-electron chi connectivity index (χ1n) is 13.3.